The summed E-state index contributed by atoms with van der Waals surface area (Å²) < 4.78 is 15.1. The lowest BCUT2D eigenvalue weighted by Crippen LogP contribution is -2.07. The summed E-state index contributed by atoms with van der Waals surface area (Å²) >= 11 is 0. The second kappa shape index (κ2) is 3.75. The highest BCUT2D eigenvalue weighted by atomic mass is 19.1. The highest BCUT2D eigenvalue weighted by Crippen LogP contribution is 2.16. The Kier molecular flexibility index (Phi) is 2.45. The number of hydrogen-bond donors (Lipinski definition) is 1. The Bertz CT molecular complexity index is 436. The van der Waals surface area contributed by atoms with Crippen molar-refractivity contribution in [2.24, 2.45) is 5.73 Å². The fourth-order valence-electron chi connectivity index (χ4n) is 1.51. The van der Waals surface area contributed by atoms with Crippen LogP contribution in [0.3, 0.4) is 0 Å². The number of aromatic nitrogens is 2. The lowest BCUT2D eigenvalue weighted by atomic mass is 10.2. The predicted octanol–water partition coefficient (Wildman–Crippen LogP) is 1.52. The van der Waals surface area contributed by atoms with Gasteiger partial charge in [0.1, 0.15) is 11.3 Å². The second-order valence-corrected chi connectivity index (χ2v) is 3.19. The van der Waals surface area contributed by atoms with Gasteiger partial charge in [0, 0.05) is 11.9 Å². The average Bonchev–Trinajstić information content (AvgIpc) is 2.59. The summed E-state index contributed by atoms with van der Waals surface area (Å²) in [5.74, 6) is -0.225. The zero-order chi connectivity index (χ0) is 9.97. The summed E-state index contributed by atoms with van der Waals surface area (Å²) in [5, 5.41) is 4.95. The number of nitrogens with zero attached hydrogens (tertiary/aromatic N) is 2. The zero-order valence-corrected chi connectivity index (χ0v) is 7.78. The van der Waals surface area contributed by atoms with Gasteiger partial charge in [0.2, 0.25) is 0 Å². The van der Waals surface area contributed by atoms with Gasteiger partial charge in [-0.05, 0) is 19.0 Å². The molecule has 0 aliphatic rings. The molecule has 0 aliphatic heterocycles. The Hall–Kier alpha value is -1.42. The minimum absolute atomic E-state index is 0.225. The maximum absolute atomic E-state index is 13.4. The first-order valence-corrected chi connectivity index (χ1v) is 4.63. The molecule has 74 valence electrons. The van der Waals surface area contributed by atoms with E-state index < -0.39 is 0 Å². The monoisotopic (exact) mass is 193 g/mol. The number of hydrogen-bond acceptors (Lipinski definition) is 2. The van der Waals surface area contributed by atoms with Crippen molar-refractivity contribution in [1.29, 1.82) is 0 Å². The molecule has 2 rings (SSSR count). The van der Waals surface area contributed by atoms with Crippen LogP contribution >= 0.6 is 0 Å². The fraction of sp³-hybridized carbons (Fsp3) is 0.300. The van der Waals surface area contributed by atoms with Gasteiger partial charge in [0.15, 0.2) is 0 Å². The van der Waals surface area contributed by atoms with E-state index in [1.54, 1.807) is 16.9 Å². The third-order valence-electron chi connectivity index (χ3n) is 2.19. The van der Waals surface area contributed by atoms with Gasteiger partial charge in [-0.25, -0.2) is 4.39 Å². The molecular weight excluding hydrogens is 181 g/mol. The molecule has 2 aromatic rings. The summed E-state index contributed by atoms with van der Waals surface area (Å²) in [7, 11) is 0. The van der Waals surface area contributed by atoms with Crippen LogP contribution in [0.4, 0.5) is 4.39 Å². The first kappa shape index (κ1) is 9.15. The molecule has 14 heavy (non-hydrogen) atoms. The molecule has 4 heteroatoms. The van der Waals surface area contributed by atoms with Gasteiger partial charge in [-0.1, -0.05) is 12.1 Å². The lowest BCUT2D eigenvalue weighted by molar-refractivity contribution is 0.576. The molecule has 1 aromatic carbocycles. The van der Waals surface area contributed by atoms with E-state index >= 15 is 0 Å². The topological polar surface area (TPSA) is 43.8 Å². The van der Waals surface area contributed by atoms with Gasteiger partial charge in [0.25, 0.3) is 0 Å². The van der Waals surface area contributed by atoms with Gasteiger partial charge >= 0.3 is 0 Å². The minimum atomic E-state index is -0.225. The third-order valence-corrected chi connectivity index (χ3v) is 2.19. The molecule has 0 saturated carbocycles. The van der Waals surface area contributed by atoms with Crippen molar-refractivity contribution < 1.29 is 4.39 Å². The smallest absolute Gasteiger partial charge is 0.149 e. The Morgan fingerprint density at radius 2 is 2.29 bits per heavy atom. The van der Waals surface area contributed by atoms with Crippen molar-refractivity contribution in [2.45, 2.75) is 13.0 Å². The molecule has 2 N–H and O–H groups in total. The maximum atomic E-state index is 13.4. The van der Waals surface area contributed by atoms with Crippen LogP contribution in [0.1, 0.15) is 6.42 Å². The van der Waals surface area contributed by atoms with E-state index in [2.05, 4.69) is 5.10 Å². The van der Waals surface area contributed by atoms with Crippen LogP contribution in [0.5, 0.6) is 0 Å². The second-order valence-electron chi connectivity index (χ2n) is 3.19. The predicted molar refractivity (Wildman–Crippen MR) is 53.4 cm³/mol. The van der Waals surface area contributed by atoms with E-state index in [0.717, 1.165) is 11.8 Å². The number of rotatable bonds is 3. The summed E-state index contributed by atoms with van der Waals surface area (Å²) in [6.07, 6.45) is 2.49. The molecule has 0 spiro atoms. The van der Waals surface area contributed by atoms with E-state index in [-0.39, 0.29) is 5.82 Å². The van der Waals surface area contributed by atoms with Crippen molar-refractivity contribution in [1.82, 2.24) is 9.78 Å². The standard InChI is InChI=1S/C10H12FN3/c11-9-4-1-3-8-7-13-14(10(8)9)6-2-5-12/h1,3-4,7H,2,5-6,12H2. The number of para-hydroxylation sites is 1. The minimum Gasteiger partial charge on any atom is -0.330 e. The molecule has 0 bridgehead atoms. The van der Waals surface area contributed by atoms with Crippen molar-refractivity contribution in [3.8, 4) is 0 Å². The number of benzene rings is 1. The van der Waals surface area contributed by atoms with Gasteiger partial charge < -0.3 is 5.73 Å². The summed E-state index contributed by atoms with van der Waals surface area (Å²) in [5.41, 5.74) is 5.96. The van der Waals surface area contributed by atoms with Crippen molar-refractivity contribution in [3.63, 3.8) is 0 Å². The van der Waals surface area contributed by atoms with E-state index in [4.69, 9.17) is 5.73 Å². The summed E-state index contributed by atoms with van der Waals surface area (Å²) in [6, 6.07) is 4.99. The molecular formula is C10H12FN3. The fourth-order valence-corrected chi connectivity index (χ4v) is 1.51. The van der Waals surface area contributed by atoms with Crippen LogP contribution in [0.2, 0.25) is 0 Å². The first-order chi connectivity index (χ1) is 6.83. The highest BCUT2D eigenvalue weighted by molar-refractivity contribution is 5.78. The molecule has 0 amide bonds. The van der Waals surface area contributed by atoms with E-state index in [1.165, 1.54) is 6.07 Å². The normalized spacial score (nSPS) is 11.0. The zero-order valence-electron chi connectivity index (χ0n) is 7.78. The number of nitrogens with two attached hydrogens (primary N) is 1. The highest BCUT2D eigenvalue weighted by Gasteiger charge is 2.06. The van der Waals surface area contributed by atoms with Crippen molar-refractivity contribution in [2.75, 3.05) is 6.54 Å². The molecule has 0 aliphatic carbocycles. The summed E-state index contributed by atoms with van der Waals surface area (Å²) in [4.78, 5) is 0. The van der Waals surface area contributed by atoms with E-state index in [0.29, 0.717) is 18.6 Å². The lowest BCUT2D eigenvalue weighted by Gasteiger charge is -2.02. The van der Waals surface area contributed by atoms with Crippen molar-refractivity contribution >= 4 is 10.9 Å². The van der Waals surface area contributed by atoms with Crippen LogP contribution in [0.25, 0.3) is 10.9 Å². The Morgan fingerprint density at radius 1 is 1.43 bits per heavy atom. The van der Waals surface area contributed by atoms with Crippen LogP contribution in [-0.2, 0) is 6.54 Å². The maximum Gasteiger partial charge on any atom is 0.149 e. The third kappa shape index (κ3) is 1.48. The van der Waals surface area contributed by atoms with E-state index in [9.17, 15) is 4.39 Å². The Morgan fingerprint density at radius 3 is 3.07 bits per heavy atom. The van der Waals surface area contributed by atoms with Crippen LogP contribution in [0, 0.1) is 5.82 Å². The van der Waals surface area contributed by atoms with Crippen molar-refractivity contribution in [3.05, 3.63) is 30.2 Å². The molecule has 1 aromatic heterocycles. The van der Waals surface area contributed by atoms with Gasteiger partial charge in [-0.15, -0.1) is 0 Å². The Labute approximate surface area is 81.3 Å². The molecule has 0 fully saturated rings. The molecule has 0 atom stereocenters. The Balaban J connectivity index is 2.45. The average molecular weight is 193 g/mol. The van der Waals surface area contributed by atoms with E-state index in [1.807, 2.05) is 6.07 Å². The quantitative estimate of drug-likeness (QED) is 0.803. The SMILES string of the molecule is NCCCn1ncc2cccc(F)c21. The number of fused-ring (bicyclic) bond motifs is 1. The number of halogens is 1. The molecule has 0 saturated heterocycles. The van der Waals surface area contributed by atoms with Crippen LogP contribution in [-0.4, -0.2) is 16.3 Å². The van der Waals surface area contributed by atoms with Gasteiger partial charge in [-0.2, -0.15) is 5.10 Å². The number of aryl methyl sites for hydroxylation is 1. The van der Waals surface area contributed by atoms with Gasteiger partial charge in [-0.3, -0.25) is 4.68 Å². The summed E-state index contributed by atoms with van der Waals surface area (Å²) in [6.45, 7) is 1.26. The molecule has 1 heterocycles. The van der Waals surface area contributed by atoms with Crippen LogP contribution in [0.15, 0.2) is 24.4 Å². The molecule has 0 radical (unpaired) electrons. The first-order valence-electron chi connectivity index (χ1n) is 4.63. The molecule has 0 unspecified atom stereocenters. The largest absolute Gasteiger partial charge is 0.330 e. The van der Waals surface area contributed by atoms with Crippen LogP contribution < -0.4 is 5.73 Å². The molecule has 3 nitrogen and oxygen atoms in total. The van der Waals surface area contributed by atoms with Gasteiger partial charge in [0.05, 0.1) is 6.20 Å².